The average Bonchev–Trinajstić information content (AvgIpc) is 2.82. The SMILES string of the molecule is Nc1ccc([N+](=O)[O-])c(C2CCc3cccnc32)n1. The van der Waals surface area contributed by atoms with E-state index in [2.05, 4.69) is 9.97 Å². The molecule has 1 atom stereocenters. The van der Waals surface area contributed by atoms with Gasteiger partial charge in [0.25, 0.3) is 5.69 Å². The van der Waals surface area contributed by atoms with Crippen molar-refractivity contribution in [3.05, 3.63) is 57.5 Å². The maximum absolute atomic E-state index is 11.1. The van der Waals surface area contributed by atoms with Crippen LogP contribution in [0.4, 0.5) is 11.5 Å². The molecule has 2 N–H and O–H groups in total. The van der Waals surface area contributed by atoms with Crippen molar-refractivity contribution in [2.24, 2.45) is 0 Å². The zero-order valence-corrected chi connectivity index (χ0v) is 10.1. The zero-order chi connectivity index (χ0) is 13.4. The number of rotatable bonds is 2. The molecule has 1 aliphatic rings. The molecule has 0 fully saturated rings. The van der Waals surface area contributed by atoms with E-state index in [9.17, 15) is 10.1 Å². The second kappa shape index (κ2) is 4.31. The van der Waals surface area contributed by atoms with E-state index in [1.54, 1.807) is 6.20 Å². The van der Waals surface area contributed by atoms with Gasteiger partial charge in [-0.05, 0) is 30.5 Å². The predicted molar refractivity (Wildman–Crippen MR) is 69.7 cm³/mol. The van der Waals surface area contributed by atoms with Crippen LogP contribution in [0.3, 0.4) is 0 Å². The number of nitrogens with two attached hydrogens (primary N) is 1. The number of nitrogens with zero attached hydrogens (tertiary/aromatic N) is 3. The summed E-state index contributed by atoms with van der Waals surface area (Å²) in [4.78, 5) is 19.2. The van der Waals surface area contributed by atoms with Crippen molar-refractivity contribution in [1.29, 1.82) is 0 Å². The molecular weight excluding hydrogens is 244 g/mol. The lowest BCUT2D eigenvalue weighted by atomic mass is 10.0. The molecule has 2 heterocycles. The second-order valence-electron chi connectivity index (χ2n) is 4.54. The number of nitro groups is 1. The van der Waals surface area contributed by atoms with Gasteiger partial charge in [0.1, 0.15) is 11.5 Å². The number of anilines is 1. The summed E-state index contributed by atoms with van der Waals surface area (Å²) in [7, 11) is 0. The van der Waals surface area contributed by atoms with Gasteiger partial charge >= 0.3 is 0 Å². The summed E-state index contributed by atoms with van der Waals surface area (Å²) in [5, 5.41) is 11.1. The van der Waals surface area contributed by atoms with E-state index >= 15 is 0 Å². The average molecular weight is 256 g/mol. The van der Waals surface area contributed by atoms with E-state index in [1.165, 1.54) is 12.1 Å². The highest BCUT2D eigenvalue weighted by Crippen LogP contribution is 2.39. The van der Waals surface area contributed by atoms with Crippen LogP contribution < -0.4 is 5.73 Å². The second-order valence-corrected chi connectivity index (χ2v) is 4.54. The molecule has 6 heteroatoms. The molecule has 1 unspecified atom stereocenters. The highest BCUT2D eigenvalue weighted by molar-refractivity contribution is 5.49. The van der Waals surface area contributed by atoms with Crippen molar-refractivity contribution in [2.75, 3.05) is 5.73 Å². The van der Waals surface area contributed by atoms with Gasteiger partial charge in [0.05, 0.1) is 16.5 Å². The molecule has 0 aromatic carbocycles. The first-order valence-corrected chi connectivity index (χ1v) is 6.01. The molecule has 96 valence electrons. The van der Waals surface area contributed by atoms with Crippen molar-refractivity contribution >= 4 is 11.5 Å². The molecule has 0 bridgehead atoms. The van der Waals surface area contributed by atoms with E-state index in [0.29, 0.717) is 11.5 Å². The fourth-order valence-electron chi connectivity index (χ4n) is 2.57. The standard InChI is InChI=1S/C13H12N4O2/c14-11-6-5-10(17(18)19)13(16-11)9-4-3-8-2-1-7-15-12(8)9/h1-2,5-7,9H,3-4H2,(H2,14,16). The Morgan fingerprint density at radius 1 is 1.32 bits per heavy atom. The zero-order valence-electron chi connectivity index (χ0n) is 10.1. The molecule has 6 nitrogen and oxygen atoms in total. The first-order valence-electron chi connectivity index (χ1n) is 6.01. The van der Waals surface area contributed by atoms with Gasteiger partial charge < -0.3 is 5.73 Å². The van der Waals surface area contributed by atoms with Crippen molar-refractivity contribution < 1.29 is 4.92 Å². The quantitative estimate of drug-likeness (QED) is 0.655. The molecule has 0 aliphatic heterocycles. The lowest BCUT2D eigenvalue weighted by Crippen LogP contribution is -2.07. The first kappa shape index (κ1) is 11.6. The number of pyridine rings is 2. The van der Waals surface area contributed by atoms with Gasteiger partial charge in [0.15, 0.2) is 0 Å². The Morgan fingerprint density at radius 3 is 2.95 bits per heavy atom. The van der Waals surface area contributed by atoms with Gasteiger partial charge in [-0.2, -0.15) is 0 Å². The largest absolute Gasteiger partial charge is 0.384 e. The summed E-state index contributed by atoms with van der Waals surface area (Å²) < 4.78 is 0. The summed E-state index contributed by atoms with van der Waals surface area (Å²) >= 11 is 0. The molecule has 0 amide bonds. The van der Waals surface area contributed by atoms with Crippen molar-refractivity contribution in [2.45, 2.75) is 18.8 Å². The predicted octanol–water partition coefficient (Wildman–Crippen LogP) is 2.05. The lowest BCUT2D eigenvalue weighted by Gasteiger charge is -2.10. The number of aryl methyl sites for hydroxylation is 1. The fourth-order valence-corrected chi connectivity index (χ4v) is 2.57. The van der Waals surface area contributed by atoms with Gasteiger partial charge in [-0.1, -0.05) is 6.07 Å². The number of nitrogen functional groups attached to an aromatic ring is 1. The van der Waals surface area contributed by atoms with Gasteiger partial charge in [-0.3, -0.25) is 15.1 Å². The molecule has 2 aromatic heterocycles. The minimum absolute atomic E-state index is 0.0118. The number of aromatic nitrogens is 2. The van der Waals surface area contributed by atoms with E-state index in [4.69, 9.17) is 5.73 Å². The molecule has 0 saturated heterocycles. The minimum atomic E-state index is -0.414. The van der Waals surface area contributed by atoms with E-state index in [1.807, 2.05) is 12.1 Å². The lowest BCUT2D eigenvalue weighted by molar-refractivity contribution is -0.386. The molecule has 0 spiro atoms. The third-order valence-corrected chi connectivity index (χ3v) is 3.41. The summed E-state index contributed by atoms with van der Waals surface area (Å²) in [6, 6.07) is 6.75. The Kier molecular flexibility index (Phi) is 2.63. The third-order valence-electron chi connectivity index (χ3n) is 3.41. The topological polar surface area (TPSA) is 94.9 Å². The van der Waals surface area contributed by atoms with Crippen LogP contribution in [-0.4, -0.2) is 14.9 Å². The Balaban J connectivity index is 2.13. The van der Waals surface area contributed by atoms with Crippen LogP contribution in [0, 0.1) is 10.1 Å². The summed E-state index contributed by atoms with van der Waals surface area (Å²) in [5.74, 6) is 0.157. The highest BCUT2D eigenvalue weighted by atomic mass is 16.6. The van der Waals surface area contributed by atoms with Crippen LogP contribution in [0.5, 0.6) is 0 Å². The van der Waals surface area contributed by atoms with Crippen molar-refractivity contribution in [3.8, 4) is 0 Å². The molecule has 19 heavy (non-hydrogen) atoms. The summed E-state index contributed by atoms with van der Waals surface area (Å²) in [6.45, 7) is 0. The van der Waals surface area contributed by atoms with Crippen LogP contribution in [-0.2, 0) is 6.42 Å². The molecule has 3 rings (SSSR count). The Labute approximate surface area is 109 Å². The highest BCUT2D eigenvalue weighted by Gasteiger charge is 2.32. The minimum Gasteiger partial charge on any atom is -0.384 e. The summed E-state index contributed by atoms with van der Waals surface area (Å²) in [5.41, 5.74) is 8.10. The van der Waals surface area contributed by atoms with Crippen LogP contribution in [0.2, 0.25) is 0 Å². The van der Waals surface area contributed by atoms with Crippen molar-refractivity contribution in [3.63, 3.8) is 0 Å². The monoisotopic (exact) mass is 256 g/mol. The van der Waals surface area contributed by atoms with Crippen LogP contribution in [0.15, 0.2) is 30.5 Å². The number of hydrogen-bond donors (Lipinski definition) is 1. The number of hydrogen-bond acceptors (Lipinski definition) is 5. The van der Waals surface area contributed by atoms with Gasteiger partial charge in [0.2, 0.25) is 0 Å². The van der Waals surface area contributed by atoms with Crippen LogP contribution in [0.25, 0.3) is 0 Å². The molecular formula is C13H12N4O2. The maximum atomic E-state index is 11.1. The fraction of sp³-hybridized carbons (Fsp3) is 0.231. The maximum Gasteiger partial charge on any atom is 0.291 e. The molecule has 0 saturated carbocycles. The van der Waals surface area contributed by atoms with E-state index < -0.39 is 4.92 Å². The smallest absolute Gasteiger partial charge is 0.291 e. The first-order chi connectivity index (χ1) is 9.16. The van der Waals surface area contributed by atoms with E-state index in [-0.39, 0.29) is 11.6 Å². The number of fused-ring (bicyclic) bond motifs is 1. The van der Waals surface area contributed by atoms with Gasteiger partial charge in [0, 0.05) is 12.3 Å². The van der Waals surface area contributed by atoms with Gasteiger partial charge in [-0.25, -0.2) is 4.98 Å². The Hall–Kier alpha value is -2.50. The Morgan fingerprint density at radius 2 is 2.16 bits per heavy atom. The van der Waals surface area contributed by atoms with Gasteiger partial charge in [-0.15, -0.1) is 0 Å². The van der Waals surface area contributed by atoms with E-state index in [0.717, 1.165) is 24.1 Å². The summed E-state index contributed by atoms with van der Waals surface area (Å²) in [6.07, 6.45) is 3.35. The van der Waals surface area contributed by atoms with Crippen LogP contribution in [0.1, 0.15) is 29.3 Å². The Bertz CT molecular complexity index is 657. The van der Waals surface area contributed by atoms with Crippen LogP contribution >= 0.6 is 0 Å². The third kappa shape index (κ3) is 1.91. The molecule has 0 radical (unpaired) electrons. The van der Waals surface area contributed by atoms with Crippen molar-refractivity contribution in [1.82, 2.24) is 9.97 Å². The normalized spacial score (nSPS) is 17.2. The molecule has 1 aliphatic carbocycles. The molecule has 2 aromatic rings.